The Labute approximate surface area is 119 Å². The van der Waals surface area contributed by atoms with Gasteiger partial charge in [-0.25, -0.2) is 9.67 Å². The van der Waals surface area contributed by atoms with Crippen LogP contribution in [0, 0.1) is 0 Å². The number of para-hydroxylation sites is 1. The number of carbonyl (C=O) groups is 1. The predicted octanol–water partition coefficient (Wildman–Crippen LogP) is 2.51. The number of rotatable bonds is 4. The second-order valence-corrected chi connectivity index (χ2v) is 5.11. The van der Waals surface area contributed by atoms with Crippen LogP contribution < -0.4 is 5.32 Å². The molecule has 0 atom stereocenters. The molecule has 0 fully saturated rings. The van der Waals surface area contributed by atoms with Crippen LogP contribution in [-0.4, -0.2) is 20.7 Å². The molecule has 3 aromatic rings. The maximum Gasteiger partial charge on any atom is 0.232 e. The number of nitrogens with one attached hydrogen (secondary N) is 1. The number of hydrogen-bond acceptors (Lipinski definition) is 4. The summed E-state index contributed by atoms with van der Waals surface area (Å²) in [4.78, 5) is 15.9. The van der Waals surface area contributed by atoms with E-state index >= 15 is 0 Å². The van der Waals surface area contributed by atoms with Crippen LogP contribution in [0.1, 0.15) is 5.01 Å². The summed E-state index contributed by atoms with van der Waals surface area (Å²) >= 11 is 1.47. The second-order valence-electron chi connectivity index (χ2n) is 4.13. The average molecular weight is 284 g/mol. The third-order valence-corrected chi connectivity index (χ3v) is 3.45. The van der Waals surface area contributed by atoms with E-state index in [1.54, 1.807) is 16.9 Å². The summed E-state index contributed by atoms with van der Waals surface area (Å²) < 4.78 is 1.72. The molecule has 6 heteroatoms. The fourth-order valence-electron chi connectivity index (χ4n) is 1.78. The quantitative estimate of drug-likeness (QED) is 0.800. The number of anilines is 1. The number of aromatic nitrogens is 3. The minimum Gasteiger partial charge on any atom is -0.309 e. The molecular formula is C14H12N4OS. The van der Waals surface area contributed by atoms with Crippen LogP contribution in [0.2, 0.25) is 0 Å². The molecule has 1 N–H and O–H groups in total. The second kappa shape index (κ2) is 5.66. The minimum atomic E-state index is -0.113. The highest BCUT2D eigenvalue weighted by Crippen LogP contribution is 2.11. The van der Waals surface area contributed by atoms with Crippen LogP contribution in [0.15, 0.2) is 54.2 Å². The summed E-state index contributed by atoms with van der Waals surface area (Å²) in [5.74, 6) is 0.425. The van der Waals surface area contributed by atoms with E-state index in [1.807, 2.05) is 41.9 Å². The molecular weight excluding hydrogens is 272 g/mol. The van der Waals surface area contributed by atoms with Gasteiger partial charge in [-0.3, -0.25) is 4.79 Å². The molecule has 20 heavy (non-hydrogen) atoms. The lowest BCUT2D eigenvalue weighted by Gasteiger charge is -2.01. The first-order valence-electron chi connectivity index (χ1n) is 6.10. The molecule has 0 radical (unpaired) electrons. The molecule has 0 aliphatic rings. The fourth-order valence-corrected chi connectivity index (χ4v) is 2.39. The Morgan fingerprint density at radius 1 is 1.25 bits per heavy atom. The molecule has 0 unspecified atom stereocenters. The van der Waals surface area contributed by atoms with E-state index in [0.717, 1.165) is 10.7 Å². The lowest BCUT2D eigenvalue weighted by Crippen LogP contribution is -2.14. The largest absolute Gasteiger partial charge is 0.309 e. The van der Waals surface area contributed by atoms with Gasteiger partial charge in [0.25, 0.3) is 0 Å². The maximum atomic E-state index is 11.8. The highest BCUT2D eigenvalue weighted by atomic mass is 32.1. The van der Waals surface area contributed by atoms with Crippen LogP contribution >= 0.6 is 11.3 Å². The SMILES string of the molecule is O=C(Cc1nccs1)Nc1ccn(-c2ccccc2)n1. The van der Waals surface area contributed by atoms with Gasteiger partial charge in [-0.15, -0.1) is 11.3 Å². The van der Waals surface area contributed by atoms with Gasteiger partial charge in [0, 0.05) is 23.8 Å². The third-order valence-electron chi connectivity index (χ3n) is 2.67. The number of carbonyl (C=O) groups excluding carboxylic acids is 1. The molecule has 100 valence electrons. The molecule has 1 amide bonds. The number of thiazole rings is 1. The van der Waals surface area contributed by atoms with Crippen LogP contribution in [0.4, 0.5) is 5.82 Å². The van der Waals surface area contributed by atoms with Crippen molar-refractivity contribution in [3.63, 3.8) is 0 Å². The van der Waals surface area contributed by atoms with Crippen molar-refractivity contribution in [3.05, 3.63) is 59.2 Å². The summed E-state index contributed by atoms with van der Waals surface area (Å²) in [6, 6.07) is 11.5. The molecule has 3 rings (SSSR count). The molecule has 2 heterocycles. The average Bonchev–Trinajstić information content (AvgIpc) is 3.11. The normalized spacial score (nSPS) is 10.4. The summed E-state index contributed by atoms with van der Waals surface area (Å²) in [6.45, 7) is 0. The number of benzene rings is 1. The van der Waals surface area contributed by atoms with Gasteiger partial charge in [-0.05, 0) is 12.1 Å². The van der Waals surface area contributed by atoms with Crippen LogP contribution in [0.5, 0.6) is 0 Å². The maximum absolute atomic E-state index is 11.8. The predicted molar refractivity (Wildman–Crippen MR) is 78.0 cm³/mol. The van der Waals surface area contributed by atoms with Gasteiger partial charge >= 0.3 is 0 Å². The number of amides is 1. The summed E-state index contributed by atoms with van der Waals surface area (Å²) in [7, 11) is 0. The van der Waals surface area contributed by atoms with E-state index in [2.05, 4.69) is 15.4 Å². The highest BCUT2D eigenvalue weighted by Gasteiger charge is 2.08. The van der Waals surface area contributed by atoms with Crippen molar-refractivity contribution in [2.75, 3.05) is 5.32 Å². The van der Waals surface area contributed by atoms with Crippen molar-refractivity contribution in [3.8, 4) is 5.69 Å². The van der Waals surface area contributed by atoms with Gasteiger partial charge in [-0.2, -0.15) is 5.10 Å². The first-order chi connectivity index (χ1) is 9.81. The van der Waals surface area contributed by atoms with E-state index in [1.165, 1.54) is 11.3 Å². The van der Waals surface area contributed by atoms with Crippen molar-refractivity contribution < 1.29 is 4.79 Å². The number of nitrogens with zero attached hydrogens (tertiary/aromatic N) is 3. The van der Waals surface area contributed by atoms with Crippen molar-refractivity contribution in [1.29, 1.82) is 0 Å². The van der Waals surface area contributed by atoms with Crippen molar-refractivity contribution in [1.82, 2.24) is 14.8 Å². The summed E-state index contributed by atoms with van der Waals surface area (Å²) in [5.41, 5.74) is 0.952. The van der Waals surface area contributed by atoms with Crippen molar-refractivity contribution >= 4 is 23.1 Å². The number of hydrogen-bond donors (Lipinski definition) is 1. The Kier molecular flexibility index (Phi) is 3.56. The molecule has 2 aromatic heterocycles. The smallest absolute Gasteiger partial charge is 0.232 e. The van der Waals surface area contributed by atoms with E-state index in [9.17, 15) is 4.79 Å². The van der Waals surface area contributed by atoms with Gasteiger partial charge in [0.2, 0.25) is 5.91 Å². The van der Waals surface area contributed by atoms with Crippen molar-refractivity contribution in [2.24, 2.45) is 0 Å². The third kappa shape index (κ3) is 2.92. The molecule has 0 spiro atoms. The highest BCUT2D eigenvalue weighted by molar-refractivity contribution is 7.09. The zero-order chi connectivity index (χ0) is 13.8. The summed E-state index contributed by atoms with van der Waals surface area (Å²) in [5, 5.41) is 9.73. The lowest BCUT2D eigenvalue weighted by molar-refractivity contribution is -0.115. The molecule has 5 nitrogen and oxygen atoms in total. The first kappa shape index (κ1) is 12.6. The van der Waals surface area contributed by atoms with Crippen LogP contribution in [0.3, 0.4) is 0 Å². The topological polar surface area (TPSA) is 59.8 Å². The van der Waals surface area contributed by atoms with Gasteiger partial charge < -0.3 is 5.32 Å². The van der Waals surface area contributed by atoms with Gasteiger partial charge in [0.05, 0.1) is 12.1 Å². The van der Waals surface area contributed by atoms with Crippen molar-refractivity contribution in [2.45, 2.75) is 6.42 Å². The zero-order valence-electron chi connectivity index (χ0n) is 10.6. The standard InChI is InChI=1S/C14H12N4OS/c19-13(10-14-15-7-9-20-14)16-12-6-8-18(17-12)11-4-2-1-3-5-11/h1-9H,10H2,(H,16,17,19). The fraction of sp³-hybridized carbons (Fsp3) is 0.0714. The monoisotopic (exact) mass is 284 g/mol. The molecule has 1 aromatic carbocycles. The molecule has 0 bridgehead atoms. The Balaban J connectivity index is 1.67. The van der Waals surface area contributed by atoms with Gasteiger partial charge in [0.15, 0.2) is 5.82 Å². The molecule has 0 saturated carbocycles. The van der Waals surface area contributed by atoms with Gasteiger partial charge in [-0.1, -0.05) is 18.2 Å². The van der Waals surface area contributed by atoms with E-state index in [4.69, 9.17) is 0 Å². The Morgan fingerprint density at radius 3 is 2.85 bits per heavy atom. The Bertz CT molecular complexity index is 691. The lowest BCUT2D eigenvalue weighted by atomic mass is 10.3. The zero-order valence-corrected chi connectivity index (χ0v) is 11.4. The summed E-state index contributed by atoms with van der Waals surface area (Å²) in [6.07, 6.45) is 3.78. The molecule has 0 saturated heterocycles. The Hall–Kier alpha value is -2.47. The van der Waals surface area contributed by atoms with E-state index < -0.39 is 0 Å². The van der Waals surface area contributed by atoms with E-state index in [-0.39, 0.29) is 12.3 Å². The molecule has 0 aliphatic carbocycles. The minimum absolute atomic E-state index is 0.113. The molecule has 0 aliphatic heterocycles. The van der Waals surface area contributed by atoms with Gasteiger partial charge in [0.1, 0.15) is 5.01 Å². The Morgan fingerprint density at radius 2 is 2.10 bits per heavy atom. The first-order valence-corrected chi connectivity index (χ1v) is 6.98. The van der Waals surface area contributed by atoms with E-state index in [0.29, 0.717) is 5.82 Å². The van der Waals surface area contributed by atoms with Crippen LogP contribution in [0.25, 0.3) is 5.69 Å². The van der Waals surface area contributed by atoms with Crippen LogP contribution in [-0.2, 0) is 11.2 Å².